The molecule has 0 aliphatic heterocycles. The van der Waals surface area contributed by atoms with Crippen molar-refractivity contribution in [1.82, 2.24) is 0 Å². The number of fused-ring (bicyclic) bond motifs is 6. The Morgan fingerprint density at radius 1 is 0.500 bits per heavy atom. The van der Waals surface area contributed by atoms with Crippen LogP contribution in [0.4, 0.5) is 17.1 Å². The molecule has 0 spiro atoms. The monoisotopic (exact) mass is 825 g/mol. The fourth-order valence-electron chi connectivity index (χ4n) is 10.7. The van der Waals surface area contributed by atoms with Gasteiger partial charge in [-0.3, -0.25) is 0 Å². The summed E-state index contributed by atoms with van der Waals surface area (Å²) in [6, 6.07) is 71.7. The summed E-state index contributed by atoms with van der Waals surface area (Å²) in [6.45, 7) is 18.6. The minimum Gasteiger partial charge on any atom is -0.310 e. The Labute approximate surface area is 380 Å². The number of hydrogen-bond donors (Lipinski definition) is 0. The highest BCUT2D eigenvalue weighted by molar-refractivity contribution is 5.93. The average molecular weight is 826 g/mol. The average Bonchev–Trinajstić information content (AvgIpc) is 3.74. The molecule has 8 aromatic carbocycles. The first kappa shape index (κ1) is 40.8. The van der Waals surface area contributed by atoms with Crippen LogP contribution in [-0.4, -0.2) is 0 Å². The molecule has 1 nitrogen and oxygen atoms in total. The Hall–Kier alpha value is -7.22. The molecule has 10 rings (SSSR count). The second-order valence-corrected chi connectivity index (χ2v) is 19.0. The SMILES string of the molecule is C=C(/C=C(\C=C/C)c1cccc(N(c2ccccc2)c2ccc3c(c2)C(c2ccccc2)(c2ccccc2)c2ccccc2-3)c1)c1cc2c(cc1C(C)(C)C)-c1ccccc1C2(C)C. The number of rotatable bonds is 9. The first-order chi connectivity index (χ1) is 31.0. The molecule has 0 heterocycles. The van der Waals surface area contributed by atoms with Gasteiger partial charge in [-0.05, 0) is 150 Å². The number of anilines is 3. The molecule has 0 bridgehead atoms. The second kappa shape index (κ2) is 15.8. The van der Waals surface area contributed by atoms with Gasteiger partial charge in [0.25, 0.3) is 0 Å². The fourth-order valence-corrected chi connectivity index (χ4v) is 10.7. The molecule has 0 fully saturated rings. The van der Waals surface area contributed by atoms with Crippen molar-refractivity contribution in [2.45, 2.75) is 57.8 Å². The zero-order valence-corrected chi connectivity index (χ0v) is 37.9. The van der Waals surface area contributed by atoms with E-state index in [1.807, 2.05) is 0 Å². The Morgan fingerprint density at radius 3 is 1.69 bits per heavy atom. The number of benzene rings is 8. The molecular weight excluding hydrogens is 771 g/mol. The van der Waals surface area contributed by atoms with Gasteiger partial charge in [-0.15, -0.1) is 0 Å². The van der Waals surface area contributed by atoms with Crippen LogP contribution >= 0.6 is 0 Å². The first-order valence-electron chi connectivity index (χ1n) is 22.7. The highest BCUT2D eigenvalue weighted by Crippen LogP contribution is 2.57. The molecule has 0 unspecified atom stereocenters. The van der Waals surface area contributed by atoms with E-state index in [1.165, 1.54) is 66.8 Å². The third-order valence-corrected chi connectivity index (χ3v) is 13.7. The van der Waals surface area contributed by atoms with Crippen LogP contribution in [0.15, 0.2) is 219 Å². The summed E-state index contributed by atoms with van der Waals surface area (Å²) in [4.78, 5) is 2.41. The van der Waals surface area contributed by atoms with Gasteiger partial charge in [-0.25, -0.2) is 0 Å². The number of allylic oxidation sites excluding steroid dienone is 5. The van der Waals surface area contributed by atoms with Crippen molar-refractivity contribution in [3.05, 3.63) is 269 Å². The maximum atomic E-state index is 4.81. The Bertz CT molecular complexity index is 3080. The van der Waals surface area contributed by atoms with Gasteiger partial charge < -0.3 is 4.90 Å². The summed E-state index contributed by atoms with van der Waals surface area (Å²) in [5.41, 5.74) is 21.4. The number of para-hydroxylation sites is 1. The van der Waals surface area contributed by atoms with Crippen molar-refractivity contribution in [3.8, 4) is 22.3 Å². The molecule has 312 valence electrons. The van der Waals surface area contributed by atoms with E-state index in [0.717, 1.165) is 33.8 Å². The predicted octanol–water partition coefficient (Wildman–Crippen LogP) is 16.8. The molecule has 0 saturated heterocycles. The summed E-state index contributed by atoms with van der Waals surface area (Å²) in [6.07, 6.45) is 6.65. The van der Waals surface area contributed by atoms with Crippen LogP contribution in [0.2, 0.25) is 0 Å². The molecule has 2 aliphatic carbocycles. The maximum absolute atomic E-state index is 4.81. The normalized spacial score (nSPS) is 14.4. The van der Waals surface area contributed by atoms with Crippen molar-refractivity contribution < 1.29 is 0 Å². The second-order valence-electron chi connectivity index (χ2n) is 19.0. The van der Waals surface area contributed by atoms with Gasteiger partial charge in [0.2, 0.25) is 0 Å². The standard InChI is InChI=1S/C63H55N/c1-8-23-44(38-43(2)54-41-59-55(42-58(54)61(3,4)5)52-33-18-20-34-56(52)62(59,6)7)45-24-22-31-49(39-45)64(48-29-16-11-17-30-48)50-36-37-53-51-32-19-21-35-57(51)63(60(53)40-50,46-25-12-9-13-26-46)47-27-14-10-15-28-47/h8-42H,2H2,1,3-7H3/b23-8-,44-38+. The van der Waals surface area contributed by atoms with Crippen molar-refractivity contribution >= 4 is 28.2 Å². The topological polar surface area (TPSA) is 3.24 Å². The van der Waals surface area contributed by atoms with Crippen molar-refractivity contribution in [2.24, 2.45) is 0 Å². The number of nitrogens with zero attached hydrogens (tertiary/aromatic N) is 1. The highest BCUT2D eigenvalue weighted by Gasteiger charge is 2.46. The molecule has 0 N–H and O–H groups in total. The van der Waals surface area contributed by atoms with E-state index in [-0.39, 0.29) is 10.8 Å². The van der Waals surface area contributed by atoms with E-state index in [9.17, 15) is 0 Å². The Morgan fingerprint density at radius 2 is 1.05 bits per heavy atom. The van der Waals surface area contributed by atoms with Crippen LogP contribution in [0.3, 0.4) is 0 Å². The van der Waals surface area contributed by atoms with E-state index >= 15 is 0 Å². The molecule has 2 aliphatic rings. The molecule has 0 saturated carbocycles. The van der Waals surface area contributed by atoms with Gasteiger partial charge in [0.1, 0.15) is 0 Å². The van der Waals surface area contributed by atoms with Crippen LogP contribution < -0.4 is 4.90 Å². The molecule has 0 radical (unpaired) electrons. The van der Waals surface area contributed by atoms with E-state index in [0.29, 0.717) is 0 Å². The fraction of sp³-hybridized carbons (Fsp3) is 0.143. The van der Waals surface area contributed by atoms with E-state index in [2.05, 4.69) is 259 Å². The van der Waals surface area contributed by atoms with Gasteiger partial charge >= 0.3 is 0 Å². The predicted molar refractivity (Wildman–Crippen MR) is 273 cm³/mol. The van der Waals surface area contributed by atoms with Crippen molar-refractivity contribution in [3.63, 3.8) is 0 Å². The summed E-state index contributed by atoms with van der Waals surface area (Å²) in [5, 5.41) is 0. The summed E-state index contributed by atoms with van der Waals surface area (Å²) in [7, 11) is 0. The summed E-state index contributed by atoms with van der Waals surface area (Å²) >= 11 is 0. The minimum absolute atomic E-state index is 0.0878. The van der Waals surface area contributed by atoms with Crippen molar-refractivity contribution in [1.29, 1.82) is 0 Å². The summed E-state index contributed by atoms with van der Waals surface area (Å²) < 4.78 is 0. The lowest BCUT2D eigenvalue weighted by atomic mass is 9.67. The first-order valence-corrected chi connectivity index (χ1v) is 22.7. The van der Waals surface area contributed by atoms with Gasteiger partial charge in [0.05, 0.1) is 5.41 Å². The third-order valence-electron chi connectivity index (χ3n) is 13.7. The molecule has 64 heavy (non-hydrogen) atoms. The van der Waals surface area contributed by atoms with Gasteiger partial charge in [0.15, 0.2) is 0 Å². The molecular formula is C63H55N. The van der Waals surface area contributed by atoms with Crippen LogP contribution in [0, 0.1) is 0 Å². The van der Waals surface area contributed by atoms with Crippen molar-refractivity contribution in [2.75, 3.05) is 4.90 Å². The maximum Gasteiger partial charge on any atom is 0.0714 e. The summed E-state index contributed by atoms with van der Waals surface area (Å²) in [5.74, 6) is 0. The number of hydrogen-bond acceptors (Lipinski definition) is 1. The lowest BCUT2D eigenvalue weighted by Gasteiger charge is -2.35. The van der Waals surface area contributed by atoms with E-state index < -0.39 is 5.41 Å². The minimum atomic E-state index is -0.502. The van der Waals surface area contributed by atoms with Gasteiger partial charge in [-0.1, -0.05) is 199 Å². The van der Waals surface area contributed by atoms with Crippen LogP contribution in [0.5, 0.6) is 0 Å². The van der Waals surface area contributed by atoms with E-state index in [4.69, 9.17) is 6.58 Å². The lowest BCUT2D eigenvalue weighted by molar-refractivity contribution is 0.587. The molecule has 1 heteroatoms. The molecule has 0 amide bonds. The Balaban J connectivity index is 1.12. The van der Waals surface area contributed by atoms with E-state index in [1.54, 1.807) is 0 Å². The quantitative estimate of drug-likeness (QED) is 0.131. The third kappa shape index (κ3) is 6.61. The smallest absolute Gasteiger partial charge is 0.0714 e. The molecule has 8 aromatic rings. The zero-order chi connectivity index (χ0) is 44.2. The van der Waals surface area contributed by atoms with Gasteiger partial charge in [-0.2, -0.15) is 0 Å². The zero-order valence-electron chi connectivity index (χ0n) is 37.9. The van der Waals surface area contributed by atoms with Crippen LogP contribution in [0.1, 0.15) is 91.6 Å². The molecule has 0 atom stereocenters. The van der Waals surface area contributed by atoms with Crippen LogP contribution in [-0.2, 0) is 16.2 Å². The Kier molecular flexibility index (Phi) is 10.1. The van der Waals surface area contributed by atoms with Gasteiger partial charge in [0, 0.05) is 22.5 Å². The molecule has 0 aromatic heterocycles. The van der Waals surface area contributed by atoms with Crippen LogP contribution in [0.25, 0.3) is 33.4 Å². The highest BCUT2D eigenvalue weighted by atomic mass is 15.1. The lowest BCUT2D eigenvalue weighted by Crippen LogP contribution is -2.28. The largest absolute Gasteiger partial charge is 0.310 e.